The van der Waals surface area contributed by atoms with Crippen LogP contribution in [-0.4, -0.2) is 21.6 Å². The highest BCUT2D eigenvalue weighted by Crippen LogP contribution is 2.28. The van der Waals surface area contributed by atoms with Gasteiger partial charge in [-0.05, 0) is 45.0 Å². The van der Waals surface area contributed by atoms with E-state index in [0.29, 0.717) is 21.9 Å². The summed E-state index contributed by atoms with van der Waals surface area (Å²) < 4.78 is 7.76. The fourth-order valence-electron chi connectivity index (χ4n) is 3.36. The van der Waals surface area contributed by atoms with Crippen LogP contribution < -0.4 is 16.4 Å². The highest BCUT2D eigenvalue weighted by Gasteiger charge is 2.21. The van der Waals surface area contributed by atoms with E-state index in [9.17, 15) is 14.4 Å². The van der Waals surface area contributed by atoms with Crippen LogP contribution in [0, 0.1) is 6.92 Å². The third-order valence-electron chi connectivity index (χ3n) is 4.93. The summed E-state index contributed by atoms with van der Waals surface area (Å²) in [4.78, 5) is 38.1. The minimum absolute atomic E-state index is 0.0365. The largest absolute Gasteiger partial charge is 0.451 e. The fraction of sp³-hybridized carbons (Fsp3) is 0.182. The summed E-state index contributed by atoms with van der Waals surface area (Å²) in [7, 11) is 0. The number of hydrogen-bond donors (Lipinski definition) is 2. The minimum Gasteiger partial charge on any atom is -0.451 e. The molecule has 2 amide bonds. The van der Waals surface area contributed by atoms with E-state index in [-0.39, 0.29) is 23.1 Å². The molecule has 0 radical (unpaired) electrons. The van der Waals surface area contributed by atoms with Crippen molar-refractivity contribution >= 4 is 49.5 Å². The number of aryl methyl sites for hydroxylation is 1. The second kappa shape index (κ2) is 7.99. The maximum absolute atomic E-state index is 12.8. The molecule has 31 heavy (non-hydrogen) atoms. The number of fused-ring (bicyclic) bond motifs is 2. The van der Waals surface area contributed by atoms with Gasteiger partial charge in [0.15, 0.2) is 11.5 Å². The topological polar surface area (TPSA) is 106 Å². The van der Waals surface area contributed by atoms with E-state index in [1.807, 2.05) is 12.1 Å². The number of rotatable bonds is 3. The van der Waals surface area contributed by atoms with Crippen molar-refractivity contribution in [2.45, 2.75) is 26.8 Å². The van der Waals surface area contributed by atoms with Gasteiger partial charge in [-0.15, -0.1) is 0 Å². The lowest BCUT2D eigenvalue weighted by Gasteiger charge is -2.13. The van der Waals surface area contributed by atoms with Crippen molar-refractivity contribution < 1.29 is 14.0 Å². The van der Waals surface area contributed by atoms with Gasteiger partial charge < -0.3 is 4.42 Å². The molecule has 0 spiro atoms. The number of hydrogen-bond acceptors (Lipinski definition) is 5. The first-order valence-electron chi connectivity index (χ1n) is 9.59. The van der Waals surface area contributed by atoms with Crippen LogP contribution >= 0.6 is 15.9 Å². The number of halogens is 1. The first-order chi connectivity index (χ1) is 14.8. The molecular weight excluding hydrogens is 464 g/mol. The second-order valence-electron chi connectivity index (χ2n) is 7.34. The van der Waals surface area contributed by atoms with E-state index in [1.165, 1.54) is 4.68 Å². The molecule has 9 heteroatoms. The smallest absolute Gasteiger partial charge is 0.305 e. The van der Waals surface area contributed by atoms with E-state index in [4.69, 9.17) is 4.42 Å². The zero-order valence-electron chi connectivity index (χ0n) is 17.0. The number of nitrogens with zero attached hydrogens (tertiary/aromatic N) is 2. The van der Waals surface area contributed by atoms with Crippen molar-refractivity contribution in [3.8, 4) is 0 Å². The number of amides is 2. The van der Waals surface area contributed by atoms with Crippen LogP contribution in [0.3, 0.4) is 0 Å². The Kier molecular flexibility index (Phi) is 5.36. The van der Waals surface area contributed by atoms with Gasteiger partial charge in [-0.3, -0.25) is 25.2 Å². The third kappa shape index (κ3) is 3.72. The van der Waals surface area contributed by atoms with Gasteiger partial charge in [0.2, 0.25) is 0 Å². The molecule has 0 saturated carbocycles. The average molecular weight is 483 g/mol. The van der Waals surface area contributed by atoms with Gasteiger partial charge in [-0.1, -0.05) is 34.1 Å². The first kappa shape index (κ1) is 20.8. The van der Waals surface area contributed by atoms with Gasteiger partial charge >= 0.3 is 5.91 Å². The second-order valence-corrected chi connectivity index (χ2v) is 8.26. The molecule has 0 aliphatic rings. The molecule has 0 unspecified atom stereocenters. The summed E-state index contributed by atoms with van der Waals surface area (Å²) in [6.45, 7) is 5.37. The molecular formula is C22H19BrN4O4. The molecule has 8 nitrogen and oxygen atoms in total. The number of nitrogens with one attached hydrogen (secondary N) is 2. The molecule has 0 aliphatic carbocycles. The van der Waals surface area contributed by atoms with Crippen LogP contribution in [0.15, 0.2) is 56.1 Å². The van der Waals surface area contributed by atoms with Crippen molar-refractivity contribution in [3.63, 3.8) is 0 Å². The summed E-state index contributed by atoms with van der Waals surface area (Å²) in [6, 6.07) is 11.9. The van der Waals surface area contributed by atoms with Gasteiger partial charge in [0.1, 0.15) is 5.58 Å². The molecule has 2 N–H and O–H groups in total. The molecule has 0 saturated heterocycles. The van der Waals surface area contributed by atoms with E-state index in [0.717, 1.165) is 9.86 Å². The predicted molar refractivity (Wildman–Crippen MR) is 120 cm³/mol. The lowest BCUT2D eigenvalue weighted by molar-refractivity contribution is 0.0828. The van der Waals surface area contributed by atoms with Crippen LogP contribution in [0.25, 0.3) is 21.7 Å². The van der Waals surface area contributed by atoms with Crippen molar-refractivity contribution in [2.24, 2.45) is 0 Å². The molecule has 0 atom stereocenters. The standard InChI is InChI=1S/C22H19BrN4O4/c1-11(2)27-22(30)15-7-5-4-6-14(15)18(26-27)20(28)24-25-21(29)19-12(3)16-10-13(23)8-9-17(16)31-19/h4-11H,1-3H3,(H,24,28)(H,25,29). The fourth-order valence-corrected chi connectivity index (χ4v) is 3.72. The molecule has 0 fully saturated rings. The first-order valence-corrected chi connectivity index (χ1v) is 10.4. The van der Waals surface area contributed by atoms with Crippen LogP contribution in [-0.2, 0) is 0 Å². The number of benzene rings is 2. The quantitative estimate of drug-likeness (QED) is 0.431. The van der Waals surface area contributed by atoms with Crippen LogP contribution in [0.4, 0.5) is 0 Å². The number of carbonyl (C=O) groups excluding carboxylic acids is 2. The normalized spacial score (nSPS) is 11.3. The van der Waals surface area contributed by atoms with Crippen molar-refractivity contribution in [2.75, 3.05) is 0 Å². The summed E-state index contributed by atoms with van der Waals surface area (Å²) in [5.74, 6) is -1.14. The van der Waals surface area contributed by atoms with Crippen LogP contribution in [0.1, 0.15) is 46.5 Å². The average Bonchev–Trinajstić information content (AvgIpc) is 3.08. The van der Waals surface area contributed by atoms with Crippen LogP contribution in [0.5, 0.6) is 0 Å². The van der Waals surface area contributed by atoms with E-state index >= 15 is 0 Å². The molecule has 2 aromatic heterocycles. The molecule has 2 heterocycles. The number of carbonyl (C=O) groups is 2. The Morgan fingerprint density at radius 3 is 2.42 bits per heavy atom. The van der Waals surface area contributed by atoms with E-state index < -0.39 is 11.8 Å². The summed E-state index contributed by atoms with van der Waals surface area (Å²) in [5.41, 5.74) is 5.71. The third-order valence-corrected chi connectivity index (χ3v) is 5.42. The highest BCUT2D eigenvalue weighted by molar-refractivity contribution is 9.10. The predicted octanol–water partition coefficient (Wildman–Crippen LogP) is 3.87. The Labute approximate surface area is 185 Å². The molecule has 0 aliphatic heterocycles. The lowest BCUT2D eigenvalue weighted by atomic mass is 10.1. The molecule has 0 bridgehead atoms. The number of hydrazine groups is 1. The summed E-state index contributed by atoms with van der Waals surface area (Å²) >= 11 is 3.40. The van der Waals surface area contributed by atoms with Crippen LogP contribution in [0.2, 0.25) is 0 Å². The zero-order valence-corrected chi connectivity index (χ0v) is 18.6. The minimum atomic E-state index is -0.643. The Hall–Kier alpha value is -3.46. The van der Waals surface area contributed by atoms with Gasteiger partial charge in [-0.25, -0.2) is 4.68 Å². The number of furan rings is 1. The van der Waals surface area contributed by atoms with Gasteiger partial charge in [-0.2, -0.15) is 5.10 Å². The SMILES string of the molecule is Cc1c(C(=O)NNC(=O)c2nn(C(C)C)c(=O)c3ccccc23)oc2ccc(Br)cc12. The maximum atomic E-state index is 12.8. The Balaban J connectivity index is 1.63. The Morgan fingerprint density at radius 2 is 1.71 bits per heavy atom. The molecule has 158 valence electrons. The maximum Gasteiger partial charge on any atom is 0.305 e. The van der Waals surface area contributed by atoms with Gasteiger partial charge in [0.05, 0.1) is 11.4 Å². The monoisotopic (exact) mass is 482 g/mol. The highest BCUT2D eigenvalue weighted by atomic mass is 79.9. The molecule has 4 aromatic rings. The summed E-state index contributed by atoms with van der Waals surface area (Å²) in [5, 5.41) is 5.80. The van der Waals surface area contributed by atoms with Crippen molar-refractivity contribution in [1.29, 1.82) is 0 Å². The Bertz CT molecular complexity index is 1400. The zero-order chi connectivity index (χ0) is 22.3. The van der Waals surface area contributed by atoms with Gasteiger partial charge in [0.25, 0.3) is 11.5 Å². The van der Waals surface area contributed by atoms with Crippen molar-refractivity contribution in [3.05, 3.63) is 74.3 Å². The van der Waals surface area contributed by atoms with E-state index in [1.54, 1.807) is 51.1 Å². The summed E-state index contributed by atoms with van der Waals surface area (Å²) in [6.07, 6.45) is 0. The van der Waals surface area contributed by atoms with Gasteiger partial charge in [0, 0.05) is 20.8 Å². The Morgan fingerprint density at radius 1 is 1.03 bits per heavy atom. The van der Waals surface area contributed by atoms with E-state index in [2.05, 4.69) is 31.9 Å². The number of aromatic nitrogens is 2. The molecule has 2 aromatic carbocycles. The molecule has 4 rings (SSSR count). The van der Waals surface area contributed by atoms with Crippen molar-refractivity contribution in [1.82, 2.24) is 20.6 Å². The lowest BCUT2D eigenvalue weighted by Crippen LogP contribution is -2.43.